The molecule has 0 N–H and O–H groups in total. The molecule has 3 aromatic rings. The Bertz CT molecular complexity index is 901. The van der Waals surface area contributed by atoms with Gasteiger partial charge < -0.3 is 0 Å². The molecule has 2 aromatic heterocycles. The zero-order chi connectivity index (χ0) is 17.9. The van der Waals surface area contributed by atoms with Gasteiger partial charge >= 0.3 is 0 Å². The van der Waals surface area contributed by atoms with Crippen LogP contribution in [-0.2, 0) is 6.42 Å². The lowest BCUT2D eigenvalue weighted by molar-refractivity contribution is 0.102. The maximum Gasteiger partial charge on any atom is 0.192 e. The minimum atomic E-state index is 0.117. The summed E-state index contributed by atoms with van der Waals surface area (Å²) in [5.74, 6) is 1.32. The van der Waals surface area contributed by atoms with Crippen molar-refractivity contribution in [1.29, 1.82) is 0 Å². The molecule has 0 unspecified atom stereocenters. The first-order valence-electron chi connectivity index (χ1n) is 8.86. The van der Waals surface area contributed by atoms with E-state index in [-0.39, 0.29) is 5.78 Å². The summed E-state index contributed by atoms with van der Waals surface area (Å²) in [7, 11) is 0. The smallest absolute Gasteiger partial charge is 0.192 e. The molecule has 1 aromatic carbocycles. The number of ketones is 1. The van der Waals surface area contributed by atoms with Gasteiger partial charge in [-0.2, -0.15) is 0 Å². The van der Waals surface area contributed by atoms with Gasteiger partial charge in [0.2, 0.25) is 0 Å². The monoisotopic (exact) mass is 364 g/mol. The van der Waals surface area contributed by atoms with Crippen LogP contribution in [0.4, 0.5) is 0 Å². The third-order valence-electron chi connectivity index (χ3n) is 4.51. The lowest BCUT2D eigenvalue weighted by atomic mass is 10.1. The van der Waals surface area contributed by atoms with Gasteiger partial charge in [0, 0.05) is 29.6 Å². The van der Waals surface area contributed by atoms with E-state index in [2.05, 4.69) is 26.7 Å². The fourth-order valence-corrected chi connectivity index (χ4v) is 3.77. The highest BCUT2D eigenvalue weighted by Gasteiger charge is 2.30. The first-order chi connectivity index (χ1) is 12.8. The Balaban J connectivity index is 1.51. The minimum Gasteiger partial charge on any atom is -0.299 e. The van der Waals surface area contributed by atoms with Crippen LogP contribution in [0.1, 0.15) is 41.7 Å². The number of nitrogens with zero attached hydrogens (tertiary/aromatic N) is 4. The van der Waals surface area contributed by atoms with Crippen molar-refractivity contribution in [3.63, 3.8) is 0 Å². The fourth-order valence-electron chi connectivity index (χ4n) is 2.87. The SMILES string of the molecule is CCc1ccc(C(=O)CSc2nnc(-c3cccnc3)n2C2CC2)cc1. The van der Waals surface area contributed by atoms with E-state index in [0.717, 1.165) is 41.4 Å². The number of Topliss-reactive ketones (excluding diaryl/α,β-unsaturated/α-hetero) is 1. The van der Waals surface area contributed by atoms with Gasteiger partial charge in [-0.25, -0.2) is 0 Å². The van der Waals surface area contributed by atoms with Crippen molar-refractivity contribution in [2.45, 2.75) is 37.4 Å². The number of thioether (sulfide) groups is 1. The van der Waals surface area contributed by atoms with Gasteiger partial charge in [-0.3, -0.25) is 14.3 Å². The summed E-state index contributed by atoms with van der Waals surface area (Å²) >= 11 is 1.46. The van der Waals surface area contributed by atoms with Gasteiger partial charge in [0.15, 0.2) is 16.8 Å². The van der Waals surface area contributed by atoms with Crippen molar-refractivity contribution >= 4 is 17.5 Å². The molecule has 26 heavy (non-hydrogen) atoms. The Morgan fingerprint density at radius 1 is 1.19 bits per heavy atom. The summed E-state index contributed by atoms with van der Waals surface area (Å²) in [5, 5.41) is 9.51. The molecule has 1 fully saturated rings. The predicted octanol–water partition coefficient (Wildman–Crippen LogP) is 4.21. The number of hydrogen-bond acceptors (Lipinski definition) is 5. The lowest BCUT2D eigenvalue weighted by Gasteiger charge is -2.08. The van der Waals surface area contributed by atoms with E-state index >= 15 is 0 Å². The lowest BCUT2D eigenvalue weighted by Crippen LogP contribution is -2.05. The molecule has 1 saturated carbocycles. The molecule has 4 rings (SSSR count). The highest BCUT2D eigenvalue weighted by Crippen LogP contribution is 2.41. The highest BCUT2D eigenvalue weighted by atomic mass is 32.2. The summed E-state index contributed by atoms with van der Waals surface area (Å²) < 4.78 is 2.16. The van der Waals surface area contributed by atoms with Crippen molar-refractivity contribution in [2.24, 2.45) is 0 Å². The number of aromatic nitrogens is 4. The van der Waals surface area contributed by atoms with E-state index < -0.39 is 0 Å². The summed E-state index contributed by atoms with van der Waals surface area (Å²) in [6.07, 6.45) is 6.79. The van der Waals surface area contributed by atoms with E-state index in [1.807, 2.05) is 36.4 Å². The number of benzene rings is 1. The molecule has 0 aliphatic heterocycles. The standard InChI is InChI=1S/C20H20N4OS/c1-2-14-5-7-15(8-6-14)18(25)13-26-20-23-22-19(24(20)17-9-10-17)16-4-3-11-21-12-16/h3-8,11-12,17H,2,9-10,13H2,1H3. The van der Waals surface area contributed by atoms with Gasteiger partial charge in [0.05, 0.1) is 5.75 Å². The summed E-state index contributed by atoms with van der Waals surface area (Å²) in [6, 6.07) is 12.2. The molecule has 0 saturated heterocycles. The molecule has 1 aliphatic carbocycles. The van der Waals surface area contributed by atoms with Crippen LogP contribution in [0, 0.1) is 0 Å². The molecule has 0 spiro atoms. The quantitative estimate of drug-likeness (QED) is 0.464. The van der Waals surface area contributed by atoms with Gasteiger partial charge in [-0.15, -0.1) is 10.2 Å². The van der Waals surface area contributed by atoms with Crippen LogP contribution in [-0.4, -0.2) is 31.3 Å². The molecule has 132 valence electrons. The molecular weight excluding hydrogens is 344 g/mol. The Kier molecular flexibility index (Phi) is 4.84. The second kappa shape index (κ2) is 7.41. The average Bonchev–Trinajstić information content (AvgIpc) is 3.45. The third-order valence-corrected chi connectivity index (χ3v) is 5.46. The van der Waals surface area contributed by atoms with E-state index in [1.54, 1.807) is 12.4 Å². The Morgan fingerprint density at radius 3 is 2.65 bits per heavy atom. The third kappa shape index (κ3) is 3.55. The van der Waals surface area contributed by atoms with Crippen molar-refractivity contribution in [2.75, 3.05) is 5.75 Å². The van der Waals surface area contributed by atoms with Gasteiger partial charge in [-0.1, -0.05) is 43.0 Å². The van der Waals surface area contributed by atoms with E-state index in [9.17, 15) is 4.79 Å². The Labute approximate surface area is 156 Å². The molecule has 0 atom stereocenters. The van der Waals surface area contributed by atoms with Crippen LogP contribution in [0.25, 0.3) is 11.4 Å². The van der Waals surface area contributed by atoms with Gasteiger partial charge in [-0.05, 0) is 37.0 Å². The first-order valence-corrected chi connectivity index (χ1v) is 9.85. The first kappa shape index (κ1) is 17.0. The van der Waals surface area contributed by atoms with Crippen molar-refractivity contribution in [3.8, 4) is 11.4 Å². The number of carbonyl (C=O) groups excluding carboxylic acids is 1. The normalized spacial score (nSPS) is 13.7. The molecule has 6 heteroatoms. The second-order valence-corrected chi connectivity index (χ2v) is 7.35. The summed E-state index contributed by atoms with van der Waals surface area (Å²) in [6.45, 7) is 2.11. The van der Waals surface area contributed by atoms with Crippen LogP contribution in [0.2, 0.25) is 0 Å². The Hall–Kier alpha value is -2.47. The zero-order valence-corrected chi connectivity index (χ0v) is 15.4. The van der Waals surface area contributed by atoms with E-state index in [0.29, 0.717) is 11.8 Å². The molecule has 1 aliphatic rings. The molecule has 5 nitrogen and oxygen atoms in total. The molecule has 2 heterocycles. The number of rotatable bonds is 7. The van der Waals surface area contributed by atoms with Crippen LogP contribution in [0.5, 0.6) is 0 Å². The maximum atomic E-state index is 12.5. The summed E-state index contributed by atoms with van der Waals surface area (Å²) in [5.41, 5.74) is 2.95. The van der Waals surface area contributed by atoms with Gasteiger partial charge in [0.1, 0.15) is 0 Å². The topological polar surface area (TPSA) is 60.7 Å². The molecule has 0 bridgehead atoms. The van der Waals surface area contributed by atoms with Crippen molar-refractivity contribution < 1.29 is 4.79 Å². The van der Waals surface area contributed by atoms with Crippen LogP contribution >= 0.6 is 11.8 Å². The molecule has 0 amide bonds. The van der Waals surface area contributed by atoms with E-state index in [4.69, 9.17) is 0 Å². The second-order valence-electron chi connectivity index (χ2n) is 6.41. The van der Waals surface area contributed by atoms with Crippen LogP contribution < -0.4 is 0 Å². The summed E-state index contributed by atoms with van der Waals surface area (Å²) in [4.78, 5) is 16.7. The number of aryl methyl sites for hydroxylation is 1. The van der Waals surface area contributed by atoms with Crippen molar-refractivity contribution in [3.05, 3.63) is 59.9 Å². The average molecular weight is 364 g/mol. The predicted molar refractivity (Wildman–Crippen MR) is 102 cm³/mol. The van der Waals surface area contributed by atoms with Crippen LogP contribution in [0.3, 0.4) is 0 Å². The molecule has 0 radical (unpaired) electrons. The van der Waals surface area contributed by atoms with Crippen molar-refractivity contribution in [1.82, 2.24) is 19.7 Å². The van der Waals surface area contributed by atoms with E-state index in [1.165, 1.54) is 17.3 Å². The minimum absolute atomic E-state index is 0.117. The number of hydrogen-bond donors (Lipinski definition) is 0. The fraction of sp³-hybridized carbons (Fsp3) is 0.300. The van der Waals surface area contributed by atoms with Gasteiger partial charge in [0.25, 0.3) is 0 Å². The Morgan fingerprint density at radius 2 is 2.00 bits per heavy atom. The number of pyridine rings is 1. The molecular formula is C20H20N4OS. The maximum absolute atomic E-state index is 12.5. The number of carbonyl (C=O) groups is 1. The zero-order valence-electron chi connectivity index (χ0n) is 14.6. The van der Waals surface area contributed by atoms with Crippen LogP contribution in [0.15, 0.2) is 53.9 Å². The largest absolute Gasteiger partial charge is 0.299 e. The highest BCUT2D eigenvalue weighted by molar-refractivity contribution is 7.99.